The average Bonchev–Trinajstić information content (AvgIpc) is 3.36. The maximum Gasteiger partial charge on any atom is 0.256 e. The number of carbonyl (C=O) groups excluding carboxylic acids is 1. The number of aliphatic hydroxyl groups is 1. The third-order valence-corrected chi connectivity index (χ3v) is 7.38. The summed E-state index contributed by atoms with van der Waals surface area (Å²) in [6.45, 7) is 0. The molecule has 1 aromatic heterocycles. The number of hydrogen-bond donors (Lipinski definition) is 2. The van der Waals surface area contributed by atoms with Crippen molar-refractivity contribution >= 4 is 21.6 Å². The van der Waals surface area contributed by atoms with Crippen LogP contribution in [0.2, 0.25) is 0 Å². The molecular weight excluding hydrogens is 466 g/mol. The molecular formula is C26H23N3O5S. The fourth-order valence-electron chi connectivity index (χ4n) is 4.11. The number of rotatable bonds is 6. The van der Waals surface area contributed by atoms with Gasteiger partial charge >= 0.3 is 0 Å². The van der Waals surface area contributed by atoms with Crippen LogP contribution in [-0.4, -0.2) is 36.3 Å². The number of ether oxygens (including phenoxy) is 1. The summed E-state index contributed by atoms with van der Waals surface area (Å²) < 4.78 is 31.2. The van der Waals surface area contributed by atoms with E-state index in [1.807, 2.05) is 30.3 Å². The van der Waals surface area contributed by atoms with Crippen LogP contribution < -0.4 is 10.1 Å². The predicted molar refractivity (Wildman–Crippen MR) is 131 cm³/mol. The van der Waals surface area contributed by atoms with E-state index in [-0.39, 0.29) is 11.5 Å². The van der Waals surface area contributed by atoms with E-state index in [0.717, 1.165) is 5.56 Å². The molecule has 2 heterocycles. The van der Waals surface area contributed by atoms with Crippen LogP contribution >= 0.6 is 0 Å². The average molecular weight is 490 g/mol. The lowest BCUT2D eigenvalue weighted by Gasteiger charge is -2.13. The van der Waals surface area contributed by atoms with Crippen LogP contribution in [0.1, 0.15) is 38.8 Å². The molecule has 1 unspecified atom stereocenters. The van der Waals surface area contributed by atoms with Crippen LogP contribution in [0.3, 0.4) is 0 Å². The number of amides is 1. The topological polar surface area (TPSA) is 111 Å². The van der Waals surface area contributed by atoms with E-state index in [1.165, 1.54) is 0 Å². The molecule has 5 rings (SSSR count). The van der Waals surface area contributed by atoms with Gasteiger partial charge in [-0.05, 0) is 47.5 Å². The van der Waals surface area contributed by atoms with E-state index in [0.29, 0.717) is 39.6 Å². The van der Waals surface area contributed by atoms with Gasteiger partial charge in [0.15, 0.2) is 9.84 Å². The highest BCUT2D eigenvalue weighted by Gasteiger charge is 2.33. The maximum absolute atomic E-state index is 13.1. The van der Waals surface area contributed by atoms with Crippen LogP contribution in [0.15, 0.2) is 78.9 Å². The predicted octanol–water partition coefficient (Wildman–Crippen LogP) is 3.64. The highest BCUT2D eigenvalue weighted by Crippen LogP contribution is 2.33. The summed E-state index contributed by atoms with van der Waals surface area (Å²) in [4.78, 5) is 13.1. The normalized spacial score (nSPS) is 14.8. The first-order valence-electron chi connectivity index (χ1n) is 10.9. The van der Waals surface area contributed by atoms with Gasteiger partial charge in [0.1, 0.15) is 17.7 Å². The zero-order valence-corrected chi connectivity index (χ0v) is 19.7. The SMILES string of the molecule is COc1ccc(-n2nc3c(c2NC(=O)c2ccc(C(O)c4ccccc4)cc2)CS(=O)(=O)C3)cc1. The number of aliphatic hydroxyl groups excluding tert-OH is 1. The Bertz CT molecular complexity index is 1480. The van der Waals surface area contributed by atoms with Gasteiger partial charge in [0, 0.05) is 11.1 Å². The first-order chi connectivity index (χ1) is 16.8. The fourth-order valence-corrected chi connectivity index (χ4v) is 5.60. The molecule has 4 aromatic rings. The third-order valence-electron chi connectivity index (χ3n) is 5.94. The Kier molecular flexibility index (Phi) is 5.88. The van der Waals surface area contributed by atoms with Crippen molar-refractivity contribution in [3.8, 4) is 11.4 Å². The van der Waals surface area contributed by atoms with Gasteiger partial charge in [-0.3, -0.25) is 4.79 Å². The maximum atomic E-state index is 13.1. The molecule has 1 amide bonds. The highest BCUT2D eigenvalue weighted by atomic mass is 32.2. The first kappa shape index (κ1) is 22.8. The lowest BCUT2D eigenvalue weighted by Crippen LogP contribution is -2.17. The van der Waals surface area contributed by atoms with Gasteiger partial charge in [0.05, 0.1) is 30.0 Å². The van der Waals surface area contributed by atoms with E-state index >= 15 is 0 Å². The summed E-state index contributed by atoms with van der Waals surface area (Å²) >= 11 is 0. The molecule has 0 spiro atoms. The number of nitrogens with zero attached hydrogens (tertiary/aromatic N) is 2. The molecule has 0 fully saturated rings. The number of fused-ring (bicyclic) bond motifs is 1. The summed E-state index contributed by atoms with van der Waals surface area (Å²) in [6, 6.07) is 23.0. The van der Waals surface area contributed by atoms with Crippen LogP contribution in [-0.2, 0) is 21.3 Å². The molecule has 1 aliphatic heterocycles. The Balaban J connectivity index is 1.43. The Morgan fingerprint density at radius 2 is 1.63 bits per heavy atom. The van der Waals surface area contributed by atoms with Crippen molar-refractivity contribution in [2.24, 2.45) is 0 Å². The summed E-state index contributed by atoms with van der Waals surface area (Å²) in [5, 5.41) is 17.9. The standard InChI is InChI=1S/C26H23N3O5S/c1-34-21-13-11-20(12-14-21)29-25(22-15-35(32,33)16-23(22)28-29)27-26(31)19-9-7-18(8-10-19)24(30)17-5-3-2-4-6-17/h2-14,24,30H,15-16H2,1H3,(H,27,31). The second kappa shape index (κ2) is 9.01. The number of benzene rings is 3. The fraction of sp³-hybridized carbons (Fsp3) is 0.154. The van der Waals surface area contributed by atoms with Gasteiger partial charge in [-0.2, -0.15) is 5.10 Å². The van der Waals surface area contributed by atoms with Crippen molar-refractivity contribution in [2.45, 2.75) is 17.6 Å². The molecule has 0 radical (unpaired) electrons. The number of nitrogens with one attached hydrogen (secondary N) is 1. The van der Waals surface area contributed by atoms with Gasteiger partial charge in [0.25, 0.3) is 5.91 Å². The number of carbonyl (C=O) groups is 1. The van der Waals surface area contributed by atoms with E-state index in [1.54, 1.807) is 60.3 Å². The molecule has 0 saturated heterocycles. The number of hydrogen-bond acceptors (Lipinski definition) is 6. The number of methoxy groups -OCH3 is 1. The smallest absolute Gasteiger partial charge is 0.256 e. The Hall–Kier alpha value is -3.95. The Morgan fingerprint density at radius 3 is 2.29 bits per heavy atom. The molecule has 178 valence electrons. The molecule has 9 heteroatoms. The minimum atomic E-state index is -3.31. The number of sulfone groups is 1. The Labute approximate surface area is 202 Å². The van der Waals surface area contributed by atoms with E-state index in [9.17, 15) is 18.3 Å². The second-order valence-electron chi connectivity index (χ2n) is 8.31. The van der Waals surface area contributed by atoms with Crippen molar-refractivity contribution in [3.63, 3.8) is 0 Å². The van der Waals surface area contributed by atoms with Crippen LogP contribution in [0.4, 0.5) is 5.82 Å². The minimum absolute atomic E-state index is 0.166. The van der Waals surface area contributed by atoms with Crippen molar-refractivity contribution in [1.29, 1.82) is 0 Å². The molecule has 1 aliphatic rings. The number of anilines is 1. The van der Waals surface area contributed by atoms with E-state index in [2.05, 4.69) is 10.4 Å². The highest BCUT2D eigenvalue weighted by molar-refractivity contribution is 7.90. The molecule has 0 saturated carbocycles. The van der Waals surface area contributed by atoms with Crippen molar-refractivity contribution in [2.75, 3.05) is 12.4 Å². The summed E-state index contributed by atoms with van der Waals surface area (Å²) in [7, 11) is -1.74. The molecule has 0 bridgehead atoms. The van der Waals surface area contributed by atoms with Crippen molar-refractivity contribution in [1.82, 2.24) is 9.78 Å². The van der Waals surface area contributed by atoms with Gasteiger partial charge < -0.3 is 15.2 Å². The molecule has 8 nitrogen and oxygen atoms in total. The van der Waals surface area contributed by atoms with E-state index < -0.39 is 21.8 Å². The molecule has 1 atom stereocenters. The second-order valence-corrected chi connectivity index (χ2v) is 10.4. The lowest BCUT2D eigenvalue weighted by atomic mass is 10.0. The van der Waals surface area contributed by atoms with Crippen LogP contribution in [0.25, 0.3) is 5.69 Å². The quantitative estimate of drug-likeness (QED) is 0.428. The summed E-state index contributed by atoms with van der Waals surface area (Å²) in [6.07, 6.45) is -0.807. The number of aromatic nitrogens is 2. The summed E-state index contributed by atoms with van der Waals surface area (Å²) in [5.41, 5.74) is 3.36. The van der Waals surface area contributed by atoms with Gasteiger partial charge in [-0.1, -0.05) is 42.5 Å². The first-order valence-corrected chi connectivity index (χ1v) is 12.8. The zero-order chi connectivity index (χ0) is 24.6. The largest absolute Gasteiger partial charge is 0.497 e. The molecule has 3 aromatic carbocycles. The van der Waals surface area contributed by atoms with Gasteiger partial charge in [-0.15, -0.1) is 0 Å². The van der Waals surface area contributed by atoms with Crippen LogP contribution in [0.5, 0.6) is 5.75 Å². The summed E-state index contributed by atoms with van der Waals surface area (Å²) in [5.74, 6) is 0.230. The molecule has 0 aliphatic carbocycles. The molecule has 35 heavy (non-hydrogen) atoms. The minimum Gasteiger partial charge on any atom is -0.497 e. The third kappa shape index (κ3) is 4.55. The van der Waals surface area contributed by atoms with E-state index in [4.69, 9.17) is 4.74 Å². The zero-order valence-electron chi connectivity index (χ0n) is 18.9. The van der Waals surface area contributed by atoms with Crippen LogP contribution in [0, 0.1) is 0 Å². The van der Waals surface area contributed by atoms with Crippen molar-refractivity contribution in [3.05, 3.63) is 107 Å². The lowest BCUT2D eigenvalue weighted by molar-refractivity contribution is 0.102. The monoisotopic (exact) mass is 489 g/mol. The Morgan fingerprint density at radius 1 is 0.971 bits per heavy atom. The van der Waals surface area contributed by atoms with Gasteiger partial charge in [-0.25, -0.2) is 13.1 Å². The van der Waals surface area contributed by atoms with Gasteiger partial charge in [0.2, 0.25) is 0 Å². The van der Waals surface area contributed by atoms with Crippen molar-refractivity contribution < 1.29 is 23.1 Å². The molecule has 2 N–H and O–H groups in total.